The molecule has 8 heteroatoms. The molecule has 1 saturated carbocycles. The largest absolute Gasteiger partial charge is 0.244 e. The van der Waals surface area contributed by atoms with Crippen LogP contribution in [-0.4, -0.2) is 40.5 Å². The lowest BCUT2D eigenvalue weighted by atomic mass is 10.4. The summed E-state index contributed by atoms with van der Waals surface area (Å²) in [6.07, 6.45) is 3.90. The van der Waals surface area contributed by atoms with E-state index in [1.807, 2.05) is 6.92 Å². The molecule has 0 unspecified atom stereocenters. The fourth-order valence-electron chi connectivity index (χ4n) is 2.20. The first-order valence-corrected chi connectivity index (χ1v) is 11.3. The highest BCUT2D eigenvalue weighted by atomic mass is 79.9. The van der Waals surface area contributed by atoms with Gasteiger partial charge >= 0.3 is 0 Å². The van der Waals surface area contributed by atoms with Gasteiger partial charge in [0.15, 0.2) is 9.84 Å². The maximum Gasteiger partial charge on any atom is 0.244 e. The van der Waals surface area contributed by atoms with Crippen LogP contribution < -0.4 is 0 Å². The van der Waals surface area contributed by atoms with E-state index in [1.165, 1.54) is 22.5 Å². The summed E-state index contributed by atoms with van der Waals surface area (Å²) in [5.74, 6) is 0.429. The van der Waals surface area contributed by atoms with Crippen molar-refractivity contribution in [2.75, 3.05) is 19.3 Å². The standard InChI is InChI=1S/C14H20BrNO4S2/c1-3-8-16(10-11-4-5-11)22(19,20)14-9-12(21(2,17)18)6-7-13(14)15/h6-7,9,11H,3-5,8,10H2,1-2H3. The molecule has 0 heterocycles. The van der Waals surface area contributed by atoms with Crippen LogP contribution in [0.2, 0.25) is 0 Å². The van der Waals surface area contributed by atoms with Gasteiger partial charge in [-0.3, -0.25) is 0 Å². The van der Waals surface area contributed by atoms with Gasteiger partial charge in [0.05, 0.1) is 9.79 Å². The Morgan fingerprint density at radius 1 is 1.23 bits per heavy atom. The summed E-state index contributed by atoms with van der Waals surface area (Å²) < 4.78 is 51.0. The zero-order chi connectivity index (χ0) is 16.5. The summed E-state index contributed by atoms with van der Waals surface area (Å²) in [5, 5.41) is 0. The first-order valence-electron chi connectivity index (χ1n) is 7.16. The average Bonchev–Trinajstić information content (AvgIpc) is 3.21. The smallest absolute Gasteiger partial charge is 0.224 e. The fraction of sp³-hybridized carbons (Fsp3) is 0.571. The van der Waals surface area contributed by atoms with Gasteiger partial charge in [-0.15, -0.1) is 0 Å². The second kappa shape index (κ2) is 6.59. The summed E-state index contributed by atoms with van der Waals surface area (Å²) in [6.45, 7) is 2.87. The van der Waals surface area contributed by atoms with Crippen molar-refractivity contribution in [1.82, 2.24) is 4.31 Å². The normalized spacial score (nSPS) is 16.2. The van der Waals surface area contributed by atoms with E-state index in [-0.39, 0.29) is 9.79 Å². The Bertz CT molecular complexity index is 755. The molecular weight excluding hydrogens is 390 g/mol. The molecule has 1 aromatic rings. The molecule has 5 nitrogen and oxygen atoms in total. The van der Waals surface area contributed by atoms with Crippen molar-refractivity contribution < 1.29 is 16.8 Å². The minimum absolute atomic E-state index is 0.0112. The Morgan fingerprint density at radius 3 is 2.36 bits per heavy atom. The number of nitrogens with zero attached hydrogens (tertiary/aromatic N) is 1. The molecule has 0 radical (unpaired) electrons. The highest BCUT2D eigenvalue weighted by Crippen LogP contribution is 2.33. The SMILES string of the molecule is CCCN(CC1CC1)S(=O)(=O)c1cc(S(C)(=O)=O)ccc1Br. The molecule has 0 aromatic heterocycles. The van der Waals surface area contributed by atoms with Crippen molar-refractivity contribution in [3.63, 3.8) is 0 Å². The van der Waals surface area contributed by atoms with Crippen molar-refractivity contribution in [3.8, 4) is 0 Å². The molecule has 1 aromatic carbocycles. The fourth-order valence-corrected chi connectivity index (χ4v) is 5.48. The van der Waals surface area contributed by atoms with Gasteiger partial charge in [-0.2, -0.15) is 4.31 Å². The Balaban J connectivity index is 2.46. The van der Waals surface area contributed by atoms with Gasteiger partial charge in [0.1, 0.15) is 0 Å². The first kappa shape index (κ1) is 17.9. The van der Waals surface area contributed by atoms with Crippen LogP contribution in [0.25, 0.3) is 0 Å². The number of hydrogen-bond donors (Lipinski definition) is 0. The zero-order valence-corrected chi connectivity index (χ0v) is 15.8. The molecule has 124 valence electrons. The second-order valence-electron chi connectivity index (χ2n) is 5.67. The molecule has 0 aliphatic heterocycles. The van der Waals surface area contributed by atoms with E-state index in [2.05, 4.69) is 15.9 Å². The number of benzene rings is 1. The van der Waals surface area contributed by atoms with Crippen molar-refractivity contribution in [1.29, 1.82) is 0 Å². The number of hydrogen-bond acceptors (Lipinski definition) is 4. The van der Waals surface area contributed by atoms with Gasteiger partial charge in [0, 0.05) is 23.8 Å². The lowest BCUT2D eigenvalue weighted by molar-refractivity contribution is 0.395. The van der Waals surface area contributed by atoms with Crippen LogP contribution in [0.3, 0.4) is 0 Å². The molecule has 22 heavy (non-hydrogen) atoms. The lowest BCUT2D eigenvalue weighted by Crippen LogP contribution is -2.34. The molecule has 1 fully saturated rings. The molecule has 0 spiro atoms. The van der Waals surface area contributed by atoms with E-state index in [0.29, 0.717) is 23.5 Å². The van der Waals surface area contributed by atoms with Crippen LogP contribution in [0, 0.1) is 5.92 Å². The van der Waals surface area contributed by atoms with E-state index in [4.69, 9.17) is 0 Å². The summed E-state index contributed by atoms with van der Waals surface area (Å²) in [4.78, 5) is 0.0293. The third-order valence-corrected chi connectivity index (χ3v) is 7.55. The van der Waals surface area contributed by atoms with E-state index in [0.717, 1.165) is 25.5 Å². The number of sulfone groups is 1. The van der Waals surface area contributed by atoms with Gasteiger partial charge in [-0.1, -0.05) is 6.92 Å². The monoisotopic (exact) mass is 409 g/mol. The quantitative estimate of drug-likeness (QED) is 0.693. The lowest BCUT2D eigenvalue weighted by Gasteiger charge is -2.22. The van der Waals surface area contributed by atoms with E-state index < -0.39 is 19.9 Å². The molecule has 0 atom stereocenters. The Morgan fingerprint density at radius 2 is 1.86 bits per heavy atom. The maximum atomic E-state index is 12.9. The minimum Gasteiger partial charge on any atom is -0.224 e. The molecule has 0 bridgehead atoms. The maximum absolute atomic E-state index is 12.9. The van der Waals surface area contributed by atoms with Crippen molar-refractivity contribution in [2.45, 2.75) is 36.0 Å². The van der Waals surface area contributed by atoms with Crippen LogP contribution >= 0.6 is 15.9 Å². The number of rotatable bonds is 7. The van der Waals surface area contributed by atoms with Gasteiger partial charge in [-0.05, 0) is 59.3 Å². The van der Waals surface area contributed by atoms with Crippen LogP contribution in [0.5, 0.6) is 0 Å². The van der Waals surface area contributed by atoms with Crippen LogP contribution in [0.15, 0.2) is 32.5 Å². The van der Waals surface area contributed by atoms with Crippen LogP contribution in [0.1, 0.15) is 26.2 Å². The van der Waals surface area contributed by atoms with Crippen molar-refractivity contribution >= 4 is 35.8 Å². The molecule has 0 N–H and O–H groups in total. The third kappa shape index (κ3) is 4.10. The Labute approximate surface area is 140 Å². The molecule has 2 rings (SSSR count). The zero-order valence-electron chi connectivity index (χ0n) is 12.6. The minimum atomic E-state index is -3.71. The summed E-state index contributed by atoms with van der Waals surface area (Å²) in [6, 6.07) is 4.12. The van der Waals surface area contributed by atoms with Gasteiger partial charge < -0.3 is 0 Å². The predicted molar refractivity (Wildman–Crippen MR) is 89.0 cm³/mol. The summed E-state index contributed by atoms with van der Waals surface area (Å²) >= 11 is 3.23. The van der Waals surface area contributed by atoms with Crippen molar-refractivity contribution in [2.24, 2.45) is 5.92 Å². The van der Waals surface area contributed by atoms with Gasteiger partial charge in [0.2, 0.25) is 10.0 Å². The van der Waals surface area contributed by atoms with E-state index >= 15 is 0 Å². The predicted octanol–water partition coefficient (Wildman–Crippen LogP) is 2.66. The average molecular weight is 410 g/mol. The van der Waals surface area contributed by atoms with Gasteiger partial charge in [-0.25, -0.2) is 16.8 Å². The van der Waals surface area contributed by atoms with E-state index in [9.17, 15) is 16.8 Å². The number of halogens is 1. The topological polar surface area (TPSA) is 71.5 Å². The van der Waals surface area contributed by atoms with Crippen LogP contribution in [0.4, 0.5) is 0 Å². The van der Waals surface area contributed by atoms with Crippen LogP contribution in [-0.2, 0) is 19.9 Å². The highest BCUT2D eigenvalue weighted by molar-refractivity contribution is 9.10. The summed E-state index contributed by atoms with van der Waals surface area (Å²) in [7, 11) is -7.16. The van der Waals surface area contributed by atoms with Crippen molar-refractivity contribution in [3.05, 3.63) is 22.7 Å². The Kier molecular flexibility index (Phi) is 5.36. The Hall–Kier alpha value is -0.440. The highest BCUT2D eigenvalue weighted by Gasteiger charge is 2.32. The molecule has 0 saturated heterocycles. The van der Waals surface area contributed by atoms with E-state index in [1.54, 1.807) is 0 Å². The molecule has 0 amide bonds. The first-order chi connectivity index (χ1) is 10.2. The molecule has 1 aliphatic rings. The number of sulfonamides is 1. The second-order valence-corrected chi connectivity index (χ2v) is 10.4. The third-order valence-electron chi connectivity index (χ3n) is 3.58. The van der Waals surface area contributed by atoms with Gasteiger partial charge in [0.25, 0.3) is 0 Å². The molecular formula is C14H20BrNO4S2. The summed E-state index contributed by atoms with van der Waals surface area (Å²) in [5.41, 5.74) is 0. The molecule has 1 aliphatic carbocycles.